The van der Waals surface area contributed by atoms with E-state index in [1.165, 1.54) is 87.5 Å². The van der Waals surface area contributed by atoms with Crippen LogP contribution in [-0.4, -0.2) is 52.4 Å². The predicted octanol–water partition coefficient (Wildman–Crippen LogP) is 35.3. The van der Waals surface area contributed by atoms with Crippen LogP contribution in [0, 0.1) is 20.8 Å². The molecule has 12 heteroatoms. The topological polar surface area (TPSA) is 167 Å². The Bertz CT molecular complexity index is 6800. The average Bonchev–Trinajstić information content (AvgIpc) is 1.47. The second kappa shape index (κ2) is 45.2. The van der Waals surface area contributed by atoms with Crippen LogP contribution in [0.4, 0.5) is 0 Å². The first-order chi connectivity index (χ1) is 72.9. The fourth-order valence-corrected chi connectivity index (χ4v) is 27.0. The van der Waals surface area contributed by atoms with Crippen molar-refractivity contribution in [2.75, 3.05) is 0 Å². The lowest BCUT2D eigenvalue weighted by atomic mass is 9.63. The highest BCUT2D eigenvalue weighted by molar-refractivity contribution is 6.14. The molecule has 768 valence electrons. The lowest BCUT2D eigenvalue weighted by Gasteiger charge is -2.40. The molecule has 0 aromatic heterocycles. The molecule has 0 radical (unpaired) electrons. The quantitative estimate of drug-likeness (QED) is 0.0119. The Labute approximate surface area is 889 Å². The van der Waals surface area contributed by atoms with Crippen LogP contribution >= 0.6 is 0 Å². The Kier molecular flexibility index (Phi) is 31.6. The summed E-state index contributed by atoms with van der Waals surface area (Å²) in [6, 6.07) is 86.8. The van der Waals surface area contributed by atoms with Crippen molar-refractivity contribution >= 4 is 52.4 Å². The minimum atomic E-state index is -0.530. The molecule has 0 aliphatic heterocycles. The van der Waals surface area contributed by atoms with Crippen LogP contribution in [0.1, 0.15) is 458 Å². The molecular weight excluding hydrogens is 1840 g/mol. The third-order valence-electron chi connectivity index (χ3n) is 34.4. The van der Waals surface area contributed by atoms with E-state index in [4.69, 9.17) is 14.5 Å². The smallest absolute Gasteiger partial charge is 0.318 e. The largest absolute Gasteiger partial charge is 0.331 e. The summed E-state index contributed by atoms with van der Waals surface area (Å²) < 4.78 is 0. The first kappa shape index (κ1) is 105. The molecule has 150 heavy (non-hydrogen) atoms. The molecule has 0 fully saturated rings. The van der Waals surface area contributed by atoms with Crippen molar-refractivity contribution in [2.24, 2.45) is 15.5 Å². The first-order valence-electron chi connectivity index (χ1n) is 56.4. The number of carbonyl (C=O) groups excluding carboxylic acids is 6. The summed E-state index contributed by atoms with van der Waals surface area (Å²) in [7, 11) is 0. The molecule has 0 saturated carbocycles. The fraction of sp³-hybridized carbons (Fsp3) is 0.370. The van der Waals surface area contributed by atoms with Crippen molar-refractivity contribution < 1.29 is 43.3 Å². The average molecular weight is 1990 g/mol. The predicted molar refractivity (Wildman–Crippen MR) is 612 cm³/mol. The monoisotopic (exact) mass is 1990 g/mol. The summed E-state index contributed by atoms with van der Waals surface area (Å²) in [6.45, 7) is 30.0. The lowest BCUT2D eigenvalue weighted by molar-refractivity contribution is -0.141. The van der Waals surface area contributed by atoms with E-state index >= 15 is 14.4 Å². The van der Waals surface area contributed by atoms with Crippen LogP contribution < -0.4 is 0 Å². The van der Waals surface area contributed by atoms with Gasteiger partial charge >= 0.3 is 17.9 Å². The zero-order valence-electron chi connectivity index (χ0n) is 91.0. The number of carbonyl (C=O) groups is 6. The number of nitrogens with zero attached hydrogens (tertiary/aromatic N) is 3. The fourth-order valence-electron chi connectivity index (χ4n) is 27.0. The number of ketones is 3. The van der Waals surface area contributed by atoms with Gasteiger partial charge in [0.05, 0.1) is 17.1 Å². The van der Waals surface area contributed by atoms with E-state index in [0.717, 1.165) is 293 Å². The molecule has 0 N–H and O–H groups in total. The summed E-state index contributed by atoms with van der Waals surface area (Å²) in [5.74, 6) is -2.30. The molecule has 6 aliphatic rings. The third-order valence-corrected chi connectivity index (χ3v) is 34.4. The Morgan fingerprint density at radius 3 is 0.667 bits per heavy atom. The molecule has 12 nitrogen and oxygen atoms in total. The molecule has 6 aliphatic carbocycles. The van der Waals surface area contributed by atoms with E-state index in [0.29, 0.717) is 50.5 Å². The van der Waals surface area contributed by atoms with E-state index in [1.54, 1.807) is 16.7 Å². The van der Waals surface area contributed by atoms with Gasteiger partial charge in [0, 0.05) is 88.2 Å². The summed E-state index contributed by atoms with van der Waals surface area (Å²) in [5.41, 5.74) is 43.2. The van der Waals surface area contributed by atoms with Crippen molar-refractivity contribution in [2.45, 2.75) is 330 Å². The highest BCUT2D eigenvalue weighted by Crippen LogP contribution is 2.73. The first-order valence-corrected chi connectivity index (χ1v) is 56.4. The summed E-state index contributed by atoms with van der Waals surface area (Å²) >= 11 is 0. The molecule has 0 bridgehead atoms. The van der Waals surface area contributed by atoms with Crippen LogP contribution in [0.25, 0.3) is 66.8 Å². The number of aryl methyl sites for hydroxylation is 3. The SMILES string of the molecule is CCCCCCC1(CCCCCC)c2cc(C3c4ccc(C(=O)c5ccccc5C)cc4-c4cc(/C(C)=N\OC(C)=O)ccc43)ccc2-c2c1c1c(c3c2C(CCCCCC)(CCCCCC)c2cc(C4c5ccc(C(=O)c6ccccc6C)cc5-c5cc(/C(C)=N/OC(C)=O)ccc54)ccc2-3)C(CCCCCC)(CCCCCC)c2cc(C3c4ccc(C(=O)c5ccccc5C)cc4-c4cc(/C(C)=N/OC(C)=O)ccc43)ccc2-1. The van der Waals surface area contributed by atoms with E-state index in [9.17, 15) is 14.4 Å². The van der Waals surface area contributed by atoms with E-state index in [2.05, 4.69) is 221 Å². The number of oxime groups is 3. The van der Waals surface area contributed by atoms with Crippen molar-refractivity contribution in [1.29, 1.82) is 0 Å². The van der Waals surface area contributed by atoms with Crippen LogP contribution in [0.5, 0.6) is 0 Å². The highest BCUT2D eigenvalue weighted by Gasteiger charge is 2.59. The maximum absolute atomic E-state index is 15.2. The summed E-state index contributed by atoms with van der Waals surface area (Å²) in [4.78, 5) is 99.5. The molecule has 13 aromatic carbocycles. The van der Waals surface area contributed by atoms with Crippen LogP contribution in [-0.2, 0) is 45.1 Å². The second-order valence-corrected chi connectivity index (χ2v) is 44.1. The number of benzene rings is 13. The van der Waals surface area contributed by atoms with E-state index < -0.39 is 34.2 Å². The highest BCUT2D eigenvalue weighted by atomic mass is 16.7. The van der Waals surface area contributed by atoms with Gasteiger partial charge in [-0.05, 0) is 300 Å². The normalized spacial score (nSPS) is 15.5. The zero-order chi connectivity index (χ0) is 105. The molecule has 13 aromatic rings. The van der Waals surface area contributed by atoms with Crippen molar-refractivity contribution in [3.63, 3.8) is 0 Å². The van der Waals surface area contributed by atoms with Crippen LogP contribution in [0.15, 0.2) is 252 Å². The molecule has 0 heterocycles. The molecule has 0 amide bonds. The number of rotatable bonds is 45. The molecule has 3 atom stereocenters. The van der Waals surface area contributed by atoms with Gasteiger partial charge in [0.25, 0.3) is 0 Å². The van der Waals surface area contributed by atoms with Crippen molar-refractivity contribution in [1.82, 2.24) is 0 Å². The molecule has 19 rings (SSSR count). The number of fused-ring (bicyclic) bond motifs is 21. The number of unbranched alkanes of at least 4 members (excludes halogenated alkanes) is 18. The van der Waals surface area contributed by atoms with E-state index in [1.807, 2.05) is 114 Å². The minimum absolute atomic E-state index is 0.0258. The Hall–Kier alpha value is -13.7. The number of hydrogen-bond donors (Lipinski definition) is 0. The van der Waals surface area contributed by atoms with Gasteiger partial charge in [0.2, 0.25) is 0 Å². The standard InChI is InChI=1S/C138H147N3O9/c1-16-22-28-40-70-136(71-41-29-23-17-2)121-82-97(124-106-61-52-94(88(10)139-148-91(13)142)76-115(106)118-79-100(58-64-109(118)124)133(145)103-49-37-34-46-85(103)7)55-67-112(121)127-130(136)128-113-68-56-98(125-107-62-53-95(89(11)140-149-92(14)143)77-116(107)119-80-101(59-65-110(119)125)134(146)104-50-38-35-47-86(104)8)83-122(113)137(72-42-30-24-18-3,73-43-31-25-19-4)132(128)129-114-69-57-99(84-123(114)138(131(127)129,74-44-32-26-20-5)75-45-33-27-21-6)126-108-63-54-96(90(12)141-150-93(15)144)78-117(108)120-81-102(60-66-111(120)126)135(147)105-51-39-36-48-87(105)9/h34-39,46-69,76-84,124-126H,16-33,40-45,70-75H2,1-15H3/b139-88-,140-89+,141-90+. The maximum Gasteiger partial charge on any atom is 0.331 e. The Balaban J connectivity index is 0.939. The van der Waals surface area contributed by atoms with Gasteiger partial charge in [-0.1, -0.05) is 411 Å². The van der Waals surface area contributed by atoms with Gasteiger partial charge < -0.3 is 14.5 Å². The Morgan fingerprint density at radius 1 is 0.240 bits per heavy atom. The van der Waals surface area contributed by atoms with Gasteiger partial charge in [0.1, 0.15) is 0 Å². The maximum atomic E-state index is 15.2. The van der Waals surface area contributed by atoms with Crippen molar-refractivity contribution in [3.05, 3.63) is 387 Å². The minimum Gasteiger partial charge on any atom is -0.318 e. The van der Waals surface area contributed by atoms with Crippen LogP contribution in [0.2, 0.25) is 0 Å². The van der Waals surface area contributed by atoms with Gasteiger partial charge in [0.15, 0.2) is 17.3 Å². The molecule has 0 saturated heterocycles. The summed E-state index contributed by atoms with van der Waals surface area (Å²) in [5, 5.41) is 13.2. The Morgan fingerprint density at radius 2 is 0.453 bits per heavy atom. The van der Waals surface area contributed by atoms with Gasteiger partial charge in [-0.3, -0.25) is 14.4 Å². The zero-order valence-corrected chi connectivity index (χ0v) is 91.0. The van der Waals surface area contributed by atoms with E-state index in [-0.39, 0.29) is 35.1 Å². The number of hydrogen-bond acceptors (Lipinski definition) is 12. The second-order valence-electron chi connectivity index (χ2n) is 44.1. The lowest BCUT2D eigenvalue weighted by Crippen LogP contribution is -2.31. The van der Waals surface area contributed by atoms with Gasteiger partial charge in [-0.2, -0.15) is 0 Å². The summed E-state index contributed by atoms with van der Waals surface area (Å²) in [6.07, 6.45) is 31.9. The van der Waals surface area contributed by atoms with Gasteiger partial charge in [-0.25, -0.2) is 14.4 Å². The molecule has 0 spiro atoms. The van der Waals surface area contributed by atoms with Crippen molar-refractivity contribution in [3.8, 4) is 66.8 Å². The third kappa shape index (κ3) is 19.6. The molecule has 3 unspecified atom stereocenters. The molecular formula is C138H147N3O9. The van der Waals surface area contributed by atoms with Gasteiger partial charge in [-0.15, -0.1) is 0 Å². The van der Waals surface area contributed by atoms with Crippen LogP contribution in [0.3, 0.4) is 0 Å².